The maximum atomic E-state index is 13.6. The van der Waals surface area contributed by atoms with E-state index in [0.717, 1.165) is 17.5 Å². The molecule has 41 heavy (non-hydrogen) atoms. The summed E-state index contributed by atoms with van der Waals surface area (Å²) >= 11 is 0. The lowest BCUT2D eigenvalue weighted by atomic mass is 10.00. The third kappa shape index (κ3) is 8.10. The Balaban J connectivity index is 0.00000141. The van der Waals surface area contributed by atoms with Crippen LogP contribution in [0.5, 0.6) is 0 Å². The third-order valence-corrected chi connectivity index (χ3v) is 6.67. The number of amides is 2. The molecular formula is C31H40F3N5O2. The van der Waals surface area contributed by atoms with Crippen molar-refractivity contribution >= 4 is 17.5 Å². The summed E-state index contributed by atoms with van der Waals surface area (Å²) in [5.74, 6) is -0.636. The molecule has 2 aromatic carbocycles. The van der Waals surface area contributed by atoms with Crippen LogP contribution in [-0.4, -0.2) is 52.5 Å². The van der Waals surface area contributed by atoms with Gasteiger partial charge in [0.1, 0.15) is 5.70 Å². The minimum Gasteiger partial charge on any atom is -0.331 e. The zero-order valence-corrected chi connectivity index (χ0v) is 24.8. The second kappa shape index (κ2) is 14.7. The van der Waals surface area contributed by atoms with Crippen molar-refractivity contribution in [2.24, 2.45) is 0 Å². The van der Waals surface area contributed by atoms with Crippen LogP contribution in [0, 0.1) is 11.3 Å². The van der Waals surface area contributed by atoms with Gasteiger partial charge in [0.05, 0.1) is 30.1 Å². The van der Waals surface area contributed by atoms with Gasteiger partial charge >= 0.3 is 6.18 Å². The van der Waals surface area contributed by atoms with E-state index in [0.29, 0.717) is 16.8 Å². The highest BCUT2D eigenvalue weighted by atomic mass is 19.4. The van der Waals surface area contributed by atoms with Crippen LogP contribution in [0.15, 0.2) is 54.2 Å². The van der Waals surface area contributed by atoms with Crippen LogP contribution in [0.3, 0.4) is 0 Å². The summed E-state index contributed by atoms with van der Waals surface area (Å²) < 4.78 is 40.9. The van der Waals surface area contributed by atoms with Crippen molar-refractivity contribution in [2.75, 3.05) is 18.9 Å². The van der Waals surface area contributed by atoms with Gasteiger partial charge in [0, 0.05) is 32.7 Å². The lowest BCUT2D eigenvalue weighted by Crippen LogP contribution is -2.57. The van der Waals surface area contributed by atoms with E-state index in [1.807, 2.05) is 58.9 Å². The molecule has 2 atom stereocenters. The number of benzene rings is 2. The predicted octanol–water partition coefficient (Wildman–Crippen LogP) is 6.58. The first-order valence-electron chi connectivity index (χ1n) is 14.0. The Morgan fingerprint density at radius 2 is 1.68 bits per heavy atom. The SMILES string of the molecule is CC.CC.CCc1ccc(C2C=C3C(=O)N(Cc4ccc(C#N)cc4)CC(CC(F)(F)F)N3N2C)c(NC(C)=O)c1. The molecule has 1 N–H and O–H groups in total. The Labute approximate surface area is 241 Å². The van der Waals surface area contributed by atoms with E-state index in [1.165, 1.54) is 16.8 Å². The number of piperazine rings is 1. The number of rotatable bonds is 6. The van der Waals surface area contributed by atoms with Crippen molar-refractivity contribution in [3.63, 3.8) is 0 Å². The molecule has 0 saturated carbocycles. The molecule has 4 rings (SSSR count). The van der Waals surface area contributed by atoms with Crippen LogP contribution >= 0.6 is 0 Å². The van der Waals surface area contributed by atoms with E-state index in [2.05, 4.69) is 5.32 Å². The summed E-state index contributed by atoms with van der Waals surface area (Å²) in [5.41, 5.74) is 3.61. The molecule has 2 amide bonds. The summed E-state index contributed by atoms with van der Waals surface area (Å²) in [6.07, 6.45) is -3.11. The van der Waals surface area contributed by atoms with Crippen molar-refractivity contribution in [3.05, 3.63) is 76.5 Å². The number of nitrogens with zero attached hydrogens (tertiary/aromatic N) is 4. The third-order valence-electron chi connectivity index (χ3n) is 6.67. The maximum absolute atomic E-state index is 13.6. The lowest BCUT2D eigenvalue weighted by molar-refractivity contribution is -0.171. The monoisotopic (exact) mass is 571 g/mol. The molecule has 0 spiro atoms. The topological polar surface area (TPSA) is 79.7 Å². The summed E-state index contributed by atoms with van der Waals surface area (Å²) in [4.78, 5) is 26.8. The van der Waals surface area contributed by atoms with E-state index in [-0.39, 0.29) is 30.6 Å². The number of nitriles is 1. The number of carbonyl (C=O) groups excluding carboxylic acids is 2. The lowest BCUT2D eigenvalue weighted by Gasteiger charge is -2.45. The fourth-order valence-electron chi connectivity index (χ4n) is 4.97. The molecule has 2 aliphatic heterocycles. The number of hydrogen-bond acceptors (Lipinski definition) is 5. The van der Waals surface area contributed by atoms with Gasteiger partial charge in [0.15, 0.2) is 0 Å². The Morgan fingerprint density at radius 3 is 2.22 bits per heavy atom. The number of fused-ring (bicyclic) bond motifs is 1. The smallest absolute Gasteiger partial charge is 0.331 e. The normalized spacial score (nSPS) is 18.3. The van der Waals surface area contributed by atoms with E-state index in [4.69, 9.17) is 5.26 Å². The van der Waals surface area contributed by atoms with Crippen molar-refractivity contribution in [1.29, 1.82) is 5.26 Å². The van der Waals surface area contributed by atoms with Crippen molar-refractivity contribution < 1.29 is 22.8 Å². The highest BCUT2D eigenvalue weighted by Gasteiger charge is 2.48. The zero-order valence-electron chi connectivity index (χ0n) is 24.8. The van der Waals surface area contributed by atoms with Crippen LogP contribution in [0.4, 0.5) is 18.9 Å². The molecule has 2 heterocycles. The Hall–Kier alpha value is -3.84. The van der Waals surface area contributed by atoms with Crippen molar-refractivity contribution in [2.45, 2.75) is 79.2 Å². The molecule has 1 fully saturated rings. The van der Waals surface area contributed by atoms with E-state index >= 15 is 0 Å². The number of anilines is 1. The largest absolute Gasteiger partial charge is 0.391 e. The molecule has 7 nitrogen and oxygen atoms in total. The molecule has 0 bridgehead atoms. The van der Waals surface area contributed by atoms with Crippen LogP contribution in [0.1, 0.15) is 76.3 Å². The quantitative estimate of drug-likeness (QED) is 0.424. The number of hydrogen-bond donors (Lipinski definition) is 1. The number of likely N-dealkylation sites (N-methyl/N-ethyl adjacent to an activating group) is 1. The van der Waals surface area contributed by atoms with E-state index in [9.17, 15) is 22.8 Å². The Kier molecular flexibility index (Phi) is 12.0. The molecule has 1 saturated heterocycles. The average Bonchev–Trinajstić information content (AvgIpc) is 3.30. The Morgan fingerprint density at radius 1 is 1.07 bits per heavy atom. The summed E-state index contributed by atoms with van der Waals surface area (Å²) in [6, 6.07) is 12.7. The predicted molar refractivity (Wildman–Crippen MR) is 154 cm³/mol. The highest BCUT2D eigenvalue weighted by Crippen LogP contribution is 2.42. The van der Waals surface area contributed by atoms with E-state index < -0.39 is 24.7 Å². The van der Waals surface area contributed by atoms with Gasteiger partial charge in [-0.2, -0.15) is 18.4 Å². The highest BCUT2D eigenvalue weighted by molar-refractivity contribution is 5.94. The molecule has 2 unspecified atom stereocenters. The zero-order chi connectivity index (χ0) is 30.9. The molecule has 2 aliphatic rings. The van der Waals surface area contributed by atoms with Gasteiger partial charge in [-0.05, 0) is 47.4 Å². The van der Waals surface area contributed by atoms with Crippen LogP contribution in [0.25, 0.3) is 0 Å². The standard InChI is InChI=1S/C27H28F3N5O2.2C2H6/c1-4-18-9-10-22(23(11-18)32-17(2)36)24-12-25-26(37)34(15-20-7-5-19(14-31)6-8-20)16-21(13-27(28,29)30)35(25)33(24)3;2*1-2/h5-12,21,24H,4,13,15-16H2,1-3H3,(H,32,36);2*1-2H3. The Bertz CT molecular complexity index is 1270. The fourth-order valence-corrected chi connectivity index (χ4v) is 4.97. The van der Waals surface area contributed by atoms with Crippen molar-refractivity contribution in [3.8, 4) is 6.07 Å². The molecule has 0 aromatic heterocycles. The molecule has 222 valence electrons. The maximum Gasteiger partial charge on any atom is 0.391 e. The number of alkyl halides is 3. The summed E-state index contributed by atoms with van der Waals surface area (Å²) in [7, 11) is 1.66. The van der Waals surface area contributed by atoms with Gasteiger partial charge < -0.3 is 10.2 Å². The molecule has 0 aliphatic carbocycles. The minimum absolute atomic E-state index is 0.111. The molecular weight excluding hydrogens is 531 g/mol. The van der Waals surface area contributed by atoms with Crippen LogP contribution in [0.2, 0.25) is 0 Å². The second-order valence-corrected chi connectivity index (χ2v) is 9.34. The summed E-state index contributed by atoms with van der Waals surface area (Å²) in [5, 5.41) is 14.9. The van der Waals surface area contributed by atoms with Gasteiger partial charge in [-0.15, -0.1) is 0 Å². The first kappa shape index (κ1) is 33.4. The minimum atomic E-state index is -4.43. The van der Waals surface area contributed by atoms with Gasteiger partial charge in [-0.25, -0.2) is 5.01 Å². The number of aryl methyl sites for hydroxylation is 1. The average molecular weight is 572 g/mol. The van der Waals surface area contributed by atoms with Gasteiger partial charge in [-0.3, -0.25) is 14.6 Å². The van der Waals surface area contributed by atoms with Crippen molar-refractivity contribution in [1.82, 2.24) is 14.9 Å². The van der Waals surface area contributed by atoms with Crippen LogP contribution in [-0.2, 0) is 22.6 Å². The van der Waals surface area contributed by atoms with Gasteiger partial charge in [0.2, 0.25) is 5.91 Å². The molecule has 2 aromatic rings. The van der Waals surface area contributed by atoms with Gasteiger partial charge in [-0.1, -0.05) is 58.9 Å². The van der Waals surface area contributed by atoms with E-state index in [1.54, 1.807) is 42.4 Å². The number of carbonyl (C=O) groups is 2. The second-order valence-electron chi connectivity index (χ2n) is 9.34. The number of nitrogens with one attached hydrogen (secondary N) is 1. The van der Waals surface area contributed by atoms with Crippen LogP contribution < -0.4 is 5.32 Å². The number of halogens is 3. The number of hydrazine groups is 1. The molecule has 0 radical (unpaired) electrons. The van der Waals surface area contributed by atoms with Gasteiger partial charge in [0.25, 0.3) is 5.91 Å². The molecule has 10 heteroatoms. The first-order chi connectivity index (χ1) is 19.5. The first-order valence-corrected chi connectivity index (χ1v) is 14.0. The summed E-state index contributed by atoms with van der Waals surface area (Å²) in [6.45, 7) is 11.4. The fraction of sp³-hybridized carbons (Fsp3) is 0.452.